The van der Waals surface area contributed by atoms with Crippen molar-refractivity contribution in [2.45, 2.75) is 19.9 Å². The zero-order valence-electron chi connectivity index (χ0n) is 11.7. The molecule has 2 aromatic rings. The fourth-order valence-electron chi connectivity index (χ4n) is 2.48. The summed E-state index contributed by atoms with van der Waals surface area (Å²) in [7, 11) is 0. The maximum absolute atomic E-state index is 12.1. The van der Waals surface area contributed by atoms with Crippen LogP contribution in [0, 0.1) is 0 Å². The van der Waals surface area contributed by atoms with Crippen LogP contribution in [0.2, 0.25) is 5.02 Å². The summed E-state index contributed by atoms with van der Waals surface area (Å²) in [6.07, 6.45) is 0.700. The summed E-state index contributed by atoms with van der Waals surface area (Å²) in [6.45, 7) is 6.59. The molecule has 0 bridgehead atoms. The van der Waals surface area contributed by atoms with Gasteiger partial charge in [0.15, 0.2) is 5.76 Å². The van der Waals surface area contributed by atoms with E-state index in [2.05, 4.69) is 11.7 Å². The van der Waals surface area contributed by atoms with Crippen LogP contribution in [0.3, 0.4) is 0 Å². The maximum atomic E-state index is 12.1. The van der Waals surface area contributed by atoms with E-state index in [4.69, 9.17) is 16.1 Å². The van der Waals surface area contributed by atoms with E-state index in [-0.39, 0.29) is 5.91 Å². The monoisotopic (exact) mass is 302 g/mol. The van der Waals surface area contributed by atoms with Gasteiger partial charge in [-0.05, 0) is 31.2 Å². The molecular formula is C16H15ClN2O2. The average molecular weight is 303 g/mol. The lowest BCUT2D eigenvalue weighted by atomic mass is 10.0. The minimum Gasteiger partial charge on any atom is -0.356 e. The Morgan fingerprint density at radius 2 is 2.10 bits per heavy atom. The maximum Gasteiger partial charge on any atom is 0.249 e. The molecule has 0 unspecified atom stereocenters. The van der Waals surface area contributed by atoms with E-state index in [9.17, 15) is 4.79 Å². The molecule has 0 saturated heterocycles. The third-order valence-electron chi connectivity index (χ3n) is 3.60. The van der Waals surface area contributed by atoms with Crippen LogP contribution in [0.15, 0.2) is 40.9 Å². The second-order valence-corrected chi connectivity index (χ2v) is 5.64. The Labute approximate surface area is 128 Å². The van der Waals surface area contributed by atoms with Crippen LogP contribution in [0.1, 0.15) is 18.2 Å². The van der Waals surface area contributed by atoms with Crippen molar-refractivity contribution in [3.63, 3.8) is 0 Å². The molecule has 1 aromatic carbocycles. The number of rotatable bonds is 2. The predicted molar refractivity (Wildman–Crippen MR) is 80.9 cm³/mol. The third-order valence-corrected chi connectivity index (χ3v) is 3.85. The van der Waals surface area contributed by atoms with Gasteiger partial charge in [0, 0.05) is 34.7 Å². The molecule has 21 heavy (non-hydrogen) atoms. The molecule has 2 heterocycles. The van der Waals surface area contributed by atoms with Gasteiger partial charge in [-0.2, -0.15) is 0 Å². The van der Waals surface area contributed by atoms with Crippen molar-refractivity contribution < 1.29 is 9.32 Å². The Morgan fingerprint density at radius 1 is 1.38 bits per heavy atom. The number of hydrogen-bond acceptors (Lipinski definition) is 3. The summed E-state index contributed by atoms with van der Waals surface area (Å²) >= 11 is 5.91. The van der Waals surface area contributed by atoms with Gasteiger partial charge < -0.3 is 9.42 Å². The van der Waals surface area contributed by atoms with Crippen LogP contribution in [-0.4, -0.2) is 22.5 Å². The summed E-state index contributed by atoms with van der Waals surface area (Å²) in [5.41, 5.74) is 3.35. The molecule has 1 aliphatic rings. The van der Waals surface area contributed by atoms with Crippen molar-refractivity contribution in [3.05, 3.63) is 52.7 Å². The van der Waals surface area contributed by atoms with Crippen LogP contribution in [0.5, 0.6) is 0 Å². The molecule has 0 atom stereocenters. The van der Waals surface area contributed by atoms with E-state index in [1.54, 1.807) is 11.8 Å². The van der Waals surface area contributed by atoms with Crippen LogP contribution in [-0.2, 0) is 17.8 Å². The van der Waals surface area contributed by atoms with Gasteiger partial charge in [0.25, 0.3) is 0 Å². The van der Waals surface area contributed by atoms with Gasteiger partial charge in [0.05, 0.1) is 12.2 Å². The fraction of sp³-hybridized carbons (Fsp3) is 0.250. The van der Waals surface area contributed by atoms with Gasteiger partial charge in [-0.15, -0.1) is 0 Å². The highest BCUT2D eigenvalue weighted by Gasteiger charge is 2.27. The summed E-state index contributed by atoms with van der Waals surface area (Å²) < 4.78 is 5.48. The van der Waals surface area contributed by atoms with Gasteiger partial charge in [-0.1, -0.05) is 23.3 Å². The van der Waals surface area contributed by atoms with Crippen LogP contribution < -0.4 is 0 Å². The Hall–Kier alpha value is -2.07. The van der Waals surface area contributed by atoms with Crippen molar-refractivity contribution in [2.24, 2.45) is 0 Å². The van der Waals surface area contributed by atoms with E-state index in [0.29, 0.717) is 35.9 Å². The largest absolute Gasteiger partial charge is 0.356 e. The number of carbonyl (C=O) groups excluding carboxylic acids is 1. The highest BCUT2D eigenvalue weighted by atomic mass is 35.5. The van der Waals surface area contributed by atoms with E-state index in [1.807, 2.05) is 24.3 Å². The number of aromatic nitrogens is 1. The van der Waals surface area contributed by atoms with Crippen molar-refractivity contribution >= 4 is 17.5 Å². The number of benzene rings is 1. The van der Waals surface area contributed by atoms with Gasteiger partial charge >= 0.3 is 0 Å². The molecule has 4 nitrogen and oxygen atoms in total. The number of amides is 1. The number of fused-ring (bicyclic) bond motifs is 1. The molecule has 0 spiro atoms. The second-order valence-electron chi connectivity index (χ2n) is 5.20. The Kier molecular flexibility index (Phi) is 3.55. The Balaban J connectivity index is 1.94. The molecule has 3 rings (SSSR count). The van der Waals surface area contributed by atoms with Crippen molar-refractivity contribution in [2.75, 3.05) is 6.54 Å². The zero-order valence-corrected chi connectivity index (χ0v) is 12.5. The highest BCUT2D eigenvalue weighted by Crippen LogP contribution is 2.31. The first kappa shape index (κ1) is 13.9. The van der Waals surface area contributed by atoms with Crippen molar-refractivity contribution in [1.82, 2.24) is 10.1 Å². The minimum absolute atomic E-state index is 0.0242. The number of carbonyl (C=O) groups is 1. The van der Waals surface area contributed by atoms with Crippen LogP contribution >= 0.6 is 11.6 Å². The Morgan fingerprint density at radius 3 is 2.76 bits per heavy atom. The third kappa shape index (κ3) is 2.59. The molecule has 1 aliphatic heterocycles. The predicted octanol–water partition coefficient (Wildman–Crippen LogP) is 3.46. The summed E-state index contributed by atoms with van der Waals surface area (Å²) in [4.78, 5) is 13.9. The molecule has 0 N–H and O–H groups in total. The first-order chi connectivity index (χ1) is 10.1. The fourth-order valence-corrected chi connectivity index (χ4v) is 2.61. The minimum atomic E-state index is -0.0242. The lowest BCUT2D eigenvalue weighted by molar-refractivity contribution is -0.127. The molecule has 1 aromatic heterocycles. The molecule has 5 heteroatoms. The lowest BCUT2D eigenvalue weighted by Gasteiger charge is -2.26. The Bertz CT molecular complexity index is 704. The molecule has 108 valence electrons. The average Bonchev–Trinajstić information content (AvgIpc) is 2.90. The topological polar surface area (TPSA) is 46.3 Å². The zero-order chi connectivity index (χ0) is 15.0. The molecular weight excluding hydrogens is 288 g/mol. The van der Waals surface area contributed by atoms with Crippen molar-refractivity contribution in [3.8, 4) is 11.3 Å². The lowest BCUT2D eigenvalue weighted by Crippen LogP contribution is -2.36. The smallest absolute Gasteiger partial charge is 0.249 e. The van der Waals surface area contributed by atoms with Gasteiger partial charge in [0.2, 0.25) is 5.91 Å². The van der Waals surface area contributed by atoms with E-state index in [1.165, 1.54) is 0 Å². The van der Waals surface area contributed by atoms with Crippen LogP contribution in [0.25, 0.3) is 11.3 Å². The molecule has 0 aliphatic carbocycles. The molecule has 0 fully saturated rings. The quantitative estimate of drug-likeness (QED) is 0.798. The van der Waals surface area contributed by atoms with E-state index < -0.39 is 0 Å². The van der Waals surface area contributed by atoms with Gasteiger partial charge in [0.1, 0.15) is 0 Å². The summed E-state index contributed by atoms with van der Waals surface area (Å²) in [5, 5.41) is 4.80. The normalized spacial score (nSPS) is 13.9. The second kappa shape index (κ2) is 5.37. The van der Waals surface area contributed by atoms with E-state index >= 15 is 0 Å². The number of halogens is 1. The summed E-state index contributed by atoms with van der Waals surface area (Å²) in [6, 6.07) is 7.40. The van der Waals surface area contributed by atoms with E-state index in [0.717, 1.165) is 16.8 Å². The van der Waals surface area contributed by atoms with Crippen LogP contribution in [0.4, 0.5) is 0 Å². The molecule has 0 saturated carbocycles. The van der Waals surface area contributed by atoms with Crippen molar-refractivity contribution in [1.29, 1.82) is 0 Å². The van der Waals surface area contributed by atoms with Gasteiger partial charge in [-0.25, -0.2) is 0 Å². The number of nitrogens with zero attached hydrogens (tertiary/aromatic N) is 2. The number of hydrogen-bond donors (Lipinski definition) is 0. The highest BCUT2D eigenvalue weighted by molar-refractivity contribution is 6.30. The first-order valence-corrected chi connectivity index (χ1v) is 7.12. The summed E-state index contributed by atoms with van der Waals surface area (Å²) in [5.74, 6) is 0.685. The standard InChI is InChI=1S/C16H15ClN2O2/c1-10(2)16(20)19-8-7-14-13(9-19)15(21-18-14)11-3-5-12(17)6-4-11/h3-6H,1,7-9H2,2H3. The molecule has 1 amide bonds. The van der Waals surface area contributed by atoms with Gasteiger partial charge in [-0.3, -0.25) is 4.79 Å². The first-order valence-electron chi connectivity index (χ1n) is 6.74. The SMILES string of the molecule is C=C(C)C(=O)N1CCc2noc(-c3ccc(Cl)cc3)c2C1. The molecule has 0 radical (unpaired) electrons.